The van der Waals surface area contributed by atoms with Crippen LogP contribution < -0.4 is 33.0 Å². The number of primary amides is 1. The molecule has 1 fully saturated rings. The number of hydrogen-bond acceptors (Lipinski definition) is 12. The maximum Gasteiger partial charge on any atom is 0.339 e. The molecule has 4 aromatic rings. The van der Waals surface area contributed by atoms with Gasteiger partial charge in [-0.3, -0.25) is 29.9 Å². The van der Waals surface area contributed by atoms with Crippen LogP contribution in [0, 0.1) is 0 Å². The highest BCUT2D eigenvalue weighted by Gasteiger charge is 2.31. The molecule has 2 aromatic heterocycles. The number of thioether (sulfide) groups is 1. The van der Waals surface area contributed by atoms with E-state index in [0.717, 1.165) is 56.6 Å². The Morgan fingerprint density at radius 1 is 1.04 bits per heavy atom. The van der Waals surface area contributed by atoms with E-state index in [9.17, 15) is 24.4 Å². The SMILES string of the molecule is CC(c1cc2ccccc2s1)N(O)C(N)=O.CCc1ccc(CCOc2ccc(CC3SC(=O)NC3=O)cc2)nc1.NC(N)=NOCCC(N)C(=O)O. The summed E-state index contributed by atoms with van der Waals surface area (Å²) in [5.74, 6) is -0.715. The number of fused-ring (bicyclic) bond motifs is 1. The van der Waals surface area contributed by atoms with Crippen LogP contribution in [-0.2, 0) is 33.7 Å². The first-order valence-electron chi connectivity index (χ1n) is 16.4. The minimum atomic E-state index is -1.08. The number of aromatic nitrogens is 1. The molecule has 18 heteroatoms. The largest absolute Gasteiger partial charge is 0.493 e. The number of carboxylic acid groups (broad SMARTS) is 1. The predicted octanol–water partition coefficient (Wildman–Crippen LogP) is 3.89. The first-order valence-corrected chi connectivity index (χ1v) is 18.1. The highest BCUT2D eigenvalue weighted by Crippen LogP contribution is 2.31. The van der Waals surface area contributed by atoms with Crippen molar-refractivity contribution in [3.05, 3.63) is 94.6 Å². The molecule has 5 rings (SSSR count). The van der Waals surface area contributed by atoms with Gasteiger partial charge in [0.25, 0.3) is 5.24 Å². The molecule has 0 radical (unpaired) electrons. The Kier molecular flexibility index (Phi) is 16.8. The maximum atomic E-state index is 11.6. The monoisotopic (exact) mass is 768 g/mol. The molecule has 1 aliphatic rings. The molecular formula is C35H44N8O8S2. The molecule has 1 aliphatic heterocycles. The number of carbonyl (C=O) groups excluding carboxylic acids is 3. The average Bonchev–Trinajstić information content (AvgIpc) is 3.72. The molecule has 3 unspecified atom stereocenters. The Hall–Kier alpha value is -5.43. The van der Waals surface area contributed by atoms with Crippen LogP contribution in [0.25, 0.3) is 10.1 Å². The van der Waals surface area contributed by atoms with E-state index in [1.54, 1.807) is 18.3 Å². The summed E-state index contributed by atoms with van der Waals surface area (Å²) < 4.78 is 6.88. The quantitative estimate of drug-likeness (QED) is 0.0316. The van der Waals surface area contributed by atoms with E-state index in [4.69, 9.17) is 32.8 Å². The van der Waals surface area contributed by atoms with E-state index in [0.29, 0.717) is 18.1 Å². The van der Waals surface area contributed by atoms with Crippen molar-refractivity contribution in [1.29, 1.82) is 0 Å². The molecule has 0 bridgehead atoms. The Balaban J connectivity index is 0.000000233. The Morgan fingerprint density at radius 2 is 1.74 bits per heavy atom. The van der Waals surface area contributed by atoms with E-state index in [1.165, 1.54) is 5.56 Å². The first kappa shape index (κ1) is 42.0. The number of carboxylic acids is 1. The van der Waals surface area contributed by atoms with Gasteiger partial charge in [-0.25, -0.2) is 4.79 Å². The highest BCUT2D eigenvalue weighted by atomic mass is 32.2. The van der Waals surface area contributed by atoms with Crippen LogP contribution in [0.15, 0.2) is 78.1 Å². The number of amides is 4. The third-order valence-corrected chi connectivity index (χ3v) is 9.76. The maximum absolute atomic E-state index is 11.6. The van der Waals surface area contributed by atoms with Crippen LogP contribution in [0.2, 0.25) is 0 Å². The number of nitrogens with zero attached hydrogens (tertiary/aromatic N) is 3. The molecule has 11 N–H and O–H groups in total. The normalized spacial score (nSPS) is 14.4. The second-order valence-corrected chi connectivity index (χ2v) is 13.8. The highest BCUT2D eigenvalue weighted by molar-refractivity contribution is 8.15. The zero-order chi connectivity index (χ0) is 38.9. The number of imide groups is 1. The third-order valence-electron chi connectivity index (χ3n) is 7.49. The second kappa shape index (κ2) is 21.2. The summed E-state index contributed by atoms with van der Waals surface area (Å²) in [5, 5.41) is 24.3. The standard InChI is InChI=1S/C19H20N2O3S.C11H12N2O2S.C5H12N4O3/c1-2-13-3-6-15(20-12-13)9-10-24-16-7-4-14(5-8-16)11-17-18(22)21-19(23)25-17;1-7(13(15)11(12)14)10-6-8-4-2-3-5-9(8)16-10;6-3(4(10)11)1-2-12-9-5(7)8/h3-8,12,17H,2,9-11H2,1H3,(H,21,22,23);2-7,15H,1H3,(H2,12,14);3H,1-2,6H2,(H,10,11)(H4,7,8,9). The molecular weight excluding hydrogens is 725 g/mol. The molecule has 1 saturated heterocycles. The van der Waals surface area contributed by atoms with Gasteiger partial charge in [0.2, 0.25) is 11.9 Å². The summed E-state index contributed by atoms with van der Waals surface area (Å²) in [7, 11) is 0. The van der Waals surface area contributed by atoms with E-state index in [1.807, 2.05) is 66.9 Å². The molecule has 4 amide bonds. The third kappa shape index (κ3) is 14.3. The van der Waals surface area contributed by atoms with Crippen molar-refractivity contribution in [3.63, 3.8) is 0 Å². The van der Waals surface area contributed by atoms with Gasteiger partial charge in [-0.15, -0.1) is 11.3 Å². The van der Waals surface area contributed by atoms with Crippen molar-refractivity contribution in [2.45, 2.75) is 56.9 Å². The molecule has 0 spiro atoms. The van der Waals surface area contributed by atoms with Crippen molar-refractivity contribution >= 4 is 62.3 Å². The average molecular weight is 769 g/mol. The summed E-state index contributed by atoms with van der Waals surface area (Å²) in [6.07, 6.45) is 4.35. The van der Waals surface area contributed by atoms with Crippen LogP contribution in [0.4, 0.5) is 9.59 Å². The number of benzene rings is 2. The van der Waals surface area contributed by atoms with Crippen LogP contribution in [0.1, 0.15) is 48.0 Å². The molecule has 3 heterocycles. The molecule has 16 nitrogen and oxygen atoms in total. The molecule has 284 valence electrons. The zero-order valence-corrected chi connectivity index (χ0v) is 30.8. The van der Waals surface area contributed by atoms with Gasteiger partial charge in [-0.2, -0.15) is 5.06 Å². The fourth-order valence-corrected chi connectivity index (χ4v) is 6.45. The first-order chi connectivity index (χ1) is 25.3. The lowest BCUT2D eigenvalue weighted by Gasteiger charge is -2.18. The number of hydroxylamine groups is 2. The number of hydrogen-bond donors (Lipinski definition) is 7. The lowest BCUT2D eigenvalue weighted by Crippen LogP contribution is -2.34. The van der Waals surface area contributed by atoms with Gasteiger partial charge in [-0.05, 0) is 71.8 Å². The van der Waals surface area contributed by atoms with Gasteiger partial charge >= 0.3 is 12.0 Å². The topological polar surface area (TPSA) is 272 Å². The molecule has 3 atom stereocenters. The number of oxime groups is 1. The van der Waals surface area contributed by atoms with Gasteiger partial charge < -0.3 is 37.6 Å². The Morgan fingerprint density at radius 3 is 2.30 bits per heavy atom. The van der Waals surface area contributed by atoms with Crippen LogP contribution in [0.3, 0.4) is 0 Å². The summed E-state index contributed by atoms with van der Waals surface area (Å²) in [4.78, 5) is 53.6. The Labute approximate surface area is 314 Å². The van der Waals surface area contributed by atoms with Crippen molar-refractivity contribution in [2.75, 3.05) is 13.2 Å². The summed E-state index contributed by atoms with van der Waals surface area (Å²) >= 11 is 2.59. The predicted molar refractivity (Wildman–Crippen MR) is 203 cm³/mol. The second-order valence-electron chi connectivity index (χ2n) is 11.5. The number of thiophene rings is 1. The number of pyridine rings is 1. The van der Waals surface area contributed by atoms with Crippen LogP contribution >= 0.6 is 23.1 Å². The van der Waals surface area contributed by atoms with E-state index in [-0.39, 0.29) is 35.4 Å². The van der Waals surface area contributed by atoms with Crippen LogP contribution in [-0.4, -0.2) is 74.0 Å². The van der Waals surface area contributed by atoms with Gasteiger partial charge in [0.1, 0.15) is 18.4 Å². The number of nitrogens with one attached hydrogen (secondary N) is 1. The Bertz CT molecular complexity index is 1800. The lowest BCUT2D eigenvalue weighted by atomic mass is 10.1. The number of guanidine groups is 1. The molecule has 2 aromatic carbocycles. The van der Waals surface area contributed by atoms with Crippen molar-refractivity contribution in [2.24, 2.45) is 28.1 Å². The van der Waals surface area contributed by atoms with Crippen molar-refractivity contribution in [3.8, 4) is 5.75 Å². The minimum absolute atomic E-state index is 0.0748. The van der Waals surface area contributed by atoms with E-state index in [2.05, 4.69) is 33.3 Å². The van der Waals surface area contributed by atoms with Gasteiger partial charge in [0.05, 0.1) is 17.9 Å². The number of carbonyl (C=O) groups is 4. The van der Waals surface area contributed by atoms with Gasteiger partial charge in [-0.1, -0.05) is 55.1 Å². The number of nitrogens with two attached hydrogens (primary N) is 4. The smallest absolute Gasteiger partial charge is 0.339 e. The number of urea groups is 1. The van der Waals surface area contributed by atoms with E-state index < -0.39 is 24.1 Å². The van der Waals surface area contributed by atoms with Crippen molar-refractivity contribution in [1.82, 2.24) is 15.4 Å². The number of ether oxygens (including phenoxy) is 1. The number of rotatable bonds is 14. The summed E-state index contributed by atoms with van der Waals surface area (Å²) in [5.41, 5.74) is 23.3. The summed E-state index contributed by atoms with van der Waals surface area (Å²) in [6.45, 7) is 4.48. The molecule has 0 aliphatic carbocycles. The van der Waals surface area contributed by atoms with Crippen LogP contribution in [0.5, 0.6) is 5.75 Å². The molecule has 0 saturated carbocycles. The zero-order valence-electron chi connectivity index (χ0n) is 29.2. The number of aryl methyl sites for hydroxylation is 1. The molecule has 53 heavy (non-hydrogen) atoms. The van der Waals surface area contributed by atoms with E-state index >= 15 is 0 Å². The van der Waals surface area contributed by atoms with Gasteiger partial charge in [0.15, 0.2) is 0 Å². The number of aliphatic carboxylic acids is 1. The van der Waals surface area contributed by atoms with Gasteiger partial charge in [0, 0.05) is 34.3 Å². The lowest BCUT2D eigenvalue weighted by molar-refractivity contribution is -0.139. The minimum Gasteiger partial charge on any atom is -0.493 e. The fraction of sp³-hybridized carbons (Fsp3) is 0.314. The fourth-order valence-electron chi connectivity index (χ4n) is 4.49. The summed E-state index contributed by atoms with van der Waals surface area (Å²) in [6, 6.07) is 19.4. The van der Waals surface area contributed by atoms with Crippen molar-refractivity contribution < 1.29 is 39.1 Å².